The third kappa shape index (κ3) is 4.45. The highest BCUT2D eigenvalue weighted by molar-refractivity contribution is 7.84. The van der Waals surface area contributed by atoms with Gasteiger partial charge in [-0.3, -0.25) is 4.21 Å². The van der Waals surface area contributed by atoms with Crippen molar-refractivity contribution in [3.05, 3.63) is 35.9 Å². The molecule has 0 amide bonds. The highest BCUT2D eigenvalue weighted by Crippen LogP contribution is 2.11. The molecule has 0 spiro atoms. The Morgan fingerprint density at radius 1 is 1.25 bits per heavy atom. The second-order valence-corrected chi connectivity index (χ2v) is 6.10. The minimum Gasteiger partial charge on any atom is -0.317 e. The number of nitrogens with one attached hydrogen (secondary N) is 1. The third-order valence-electron chi connectivity index (χ3n) is 2.78. The maximum Gasteiger partial charge on any atom is 0.0488 e. The average molecular weight is 239 g/mol. The molecule has 2 nitrogen and oxygen atoms in total. The molecule has 0 aliphatic rings. The molecule has 3 unspecified atom stereocenters. The molecule has 0 bridgehead atoms. The van der Waals surface area contributed by atoms with Crippen molar-refractivity contribution in [2.24, 2.45) is 0 Å². The van der Waals surface area contributed by atoms with Crippen LogP contribution in [0.15, 0.2) is 30.3 Å². The van der Waals surface area contributed by atoms with E-state index in [2.05, 4.69) is 19.2 Å². The van der Waals surface area contributed by atoms with Crippen molar-refractivity contribution in [1.82, 2.24) is 5.32 Å². The van der Waals surface area contributed by atoms with E-state index in [9.17, 15) is 4.21 Å². The molecule has 3 heteroatoms. The third-order valence-corrected chi connectivity index (χ3v) is 4.49. The second-order valence-electron chi connectivity index (χ2n) is 4.25. The van der Waals surface area contributed by atoms with Gasteiger partial charge in [0.05, 0.1) is 0 Å². The molecule has 0 aromatic heterocycles. The largest absolute Gasteiger partial charge is 0.317 e. The van der Waals surface area contributed by atoms with Gasteiger partial charge < -0.3 is 5.32 Å². The zero-order valence-electron chi connectivity index (χ0n) is 10.3. The lowest BCUT2D eigenvalue weighted by Gasteiger charge is -2.16. The Morgan fingerprint density at radius 3 is 2.44 bits per heavy atom. The molecular weight excluding hydrogens is 218 g/mol. The molecule has 90 valence electrons. The number of benzene rings is 1. The fourth-order valence-corrected chi connectivity index (χ4v) is 2.91. The zero-order chi connectivity index (χ0) is 12.0. The van der Waals surface area contributed by atoms with E-state index in [1.165, 1.54) is 0 Å². The monoisotopic (exact) mass is 239 g/mol. The average Bonchev–Trinajstić information content (AvgIpc) is 2.30. The molecule has 16 heavy (non-hydrogen) atoms. The fraction of sp³-hybridized carbons (Fsp3) is 0.538. The van der Waals surface area contributed by atoms with E-state index in [4.69, 9.17) is 0 Å². The summed E-state index contributed by atoms with van der Waals surface area (Å²) in [6, 6.07) is 10.5. The molecule has 1 aromatic rings. The van der Waals surface area contributed by atoms with Gasteiger partial charge in [0.15, 0.2) is 0 Å². The molecule has 0 aliphatic carbocycles. The van der Waals surface area contributed by atoms with Crippen LogP contribution < -0.4 is 5.32 Å². The van der Waals surface area contributed by atoms with Gasteiger partial charge >= 0.3 is 0 Å². The molecule has 0 fully saturated rings. The van der Waals surface area contributed by atoms with Crippen LogP contribution in [0.3, 0.4) is 0 Å². The van der Waals surface area contributed by atoms with Gasteiger partial charge in [-0.05, 0) is 26.0 Å². The van der Waals surface area contributed by atoms with Crippen LogP contribution in [0.5, 0.6) is 0 Å². The lowest BCUT2D eigenvalue weighted by Crippen LogP contribution is -2.27. The van der Waals surface area contributed by atoms with Crippen molar-refractivity contribution < 1.29 is 4.21 Å². The number of hydrogen-bond acceptors (Lipinski definition) is 2. The molecule has 1 N–H and O–H groups in total. The summed E-state index contributed by atoms with van der Waals surface area (Å²) in [5.74, 6) is 0.665. The van der Waals surface area contributed by atoms with Crippen LogP contribution in [0.1, 0.15) is 25.8 Å². The molecule has 0 aliphatic heterocycles. The first-order valence-corrected chi connectivity index (χ1v) is 7.10. The Kier molecular flexibility index (Phi) is 5.71. The second kappa shape index (κ2) is 6.81. The normalized spacial score (nSPS) is 16.7. The van der Waals surface area contributed by atoms with E-state index in [1.807, 2.05) is 37.4 Å². The summed E-state index contributed by atoms with van der Waals surface area (Å²) in [4.78, 5) is 0. The highest BCUT2D eigenvalue weighted by Gasteiger charge is 2.14. The summed E-state index contributed by atoms with van der Waals surface area (Å²) in [5, 5.41) is 3.42. The lowest BCUT2D eigenvalue weighted by atomic mass is 10.2. The summed E-state index contributed by atoms with van der Waals surface area (Å²) in [6.07, 6.45) is 0.954. The molecule has 0 radical (unpaired) electrons. The van der Waals surface area contributed by atoms with Gasteiger partial charge in [0.2, 0.25) is 0 Å². The SMILES string of the molecule is CNC(C)CC(C)S(=O)Cc1ccccc1. The summed E-state index contributed by atoms with van der Waals surface area (Å²) in [6.45, 7) is 4.18. The predicted molar refractivity (Wildman–Crippen MR) is 70.9 cm³/mol. The Balaban J connectivity index is 2.46. The minimum absolute atomic E-state index is 0.239. The molecule has 0 heterocycles. The number of rotatable bonds is 6. The van der Waals surface area contributed by atoms with Gasteiger partial charge in [0.1, 0.15) is 0 Å². The van der Waals surface area contributed by atoms with Gasteiger partial charge in [-0.25, -0.2) is 0 Å². The smallest absolute Gasteiger partial charge is 0.0488 e. The first kappa shape index (κ1) is 13.4. The van der Waals surface area contributed by atoms with Gasteiger partial charge in [-0.15, -0.1) is 0 Å². The first-order chi connectivity index (χ1) is 7.63. The van der Waals surface area contributed by atoms with Crippen molar-refractivity contribution in [3.63, 3.8) is 0 Å². The quantitative estimate of drug-likeness (QED) is 0.825. The molecule has 0 saturated heterocycles. The van der Waals surface area contributed by atoms with Gasteiger partial charge in [0, 0.05) is 27.8 Å². The van der Waals surface area contributed by atoms with Crippen LogP contribution in [0.4, 0.5) is 0 Å². The molecule has 0 saturated carbocycles. The molecule has 3 atom stereocenters. The topological polar surface area (TPSA) is 29.1 Å². The molecular formula is C13H21NOS. The van der Waals surface area contributed by atoms with Crippen molar-refractivity contribution in [1.29, 1.82) is 0 Å². The van der Waals surface area contributed by atoms with E-state index in [1.54, 1.807) is 0 Å². The molecule has 1 aromatic carbocycles. The Labute approximate surface area is 101 Å². The van der Waals surface area contributed by atoms with Crippen molar-refractivity contribution in [2.75, 3.05) is 7.05 Å². The van der Waals surface area contributed by atoms with E-state index >= 15 is 0 Å². The van der Waals surface area contributed by atoms with Crippen LogP contribution in [-0.4, -0.2) is 22.5 Å². The lowest BCUT2D eigenvalue weighted by molar-refractivity contribution is 0.554. The highest BCUT2D eigenvalue weighted by atomic mass is 32.2. The van der Waals surface area contributed by atoms with Gasteiger partial charge in [0.25, 0.3) is 0 Å². The summed E-state index contributed by atoms with van der Waals surface area (Å²) < 4.78 is 12.0. The summed E-state index contributed by atoms with van der Waals surface area (Å²) in [7, 11) is 1.16. The van der Waals surface area contributed by atoms with Crippen LogP contribution in [0, 0.1) is 0 Å². The van der Waals surface area contributed by atoms with Crippen LogP contribution in [-0.2, 0) is 16.6 Å². The van der Waals surface area contributed by atoms with E-state index < -0.39 is 10.8 Å². The fourth-order valence-electron chi connectivity index (χ4n) is 1.60. The number of hydrogen-bond donors (Lipinski definition) is 1. The standard InChI is InChI=1S/C13H21NOS/c1-11(14-3)9-12(2)16(15)10-13-7-5-4-6-8-13/h4-8,11-12,14H,9-10H2,1-3H3. The maximum absolute atomic E-state index is 12.0. The van der Waals surface area contributed by atoms with E-state index in [0.717, 1.165) is 12.0 Å². The van der Waals surface area contributed by atoms with Crippen LogP contribution >= 0.6 is 0 Å². The van der Waals surface area contributed by atoms with Crippen LogP contribution in [0.25, 0.3) is 0 Å². The zero-order valence-corrected chi connectivity index (χ0v) is 11.1. The van der Waals surface area contributed by atoms with Crippen LogP contribution in [0.2, 0.25) is 0 Å². The summed E-state index contributed by atoms with van der Waals surface area (Å²) >= 11 is 0. The predicted octanol–water partition coefficient (Wildman–Crippen LogP) is 2.32. The van der Waals surface area contributed by atoms with Crippen molar-refractivity contribution in [3.8, 4) is 0 Å². The van der Waals surface area contributed by atoms with E-state index in [0.29, 0.717) is 11.8 Å². The Morgan fingerprint density at radius 2 is 1.88 bits per heavy atom. The van der Waals surface area contributed by atoms with E-state index in [-0.39, 0.29) is 5.25 Å². The van der Waals surface area contributed by atoms with Crippen molar-refractivity contribution in [2.45, 2.75) is 37.3 Å². The van der Waals surface area contributed by atoms with Crippen molar-refractivity contribution >= 4 is 10.8 Å². The summed E-state index contributed by atoms with van der Waals surface area (Å²) in [5.41, 5.74) is 1.16. The van der Waals surface area contributed by atoms with Gasteiger partial charge in [-0.2, -0.15) is 0 Å². The first-order valence-electron chi connectivity index (χ1n) is 5.72. The maximum atomic E-state index is 12.0. The molecule has 1 rings (SSSR count). The van der Waals surface area contributed by atoms with Gasteiger partial charge in [-0.1, -0.05) is 37.3 Å². The minimum atomic E-state index is -0.778. The Bertz CT molecular complexity index is 326. The Hall–Kier alpha value is -0.670.